The monoisotopic (exact) mass is 204 g/mol. The van der Waals surface area contributed by atoms with Gasteiger partial charge in [0.15, 0.2) is 0 Å². The summed E-state index contributed by atoms with van der Waals surface area (Å²) in [6, 6.07) is 0.698. The summed E-state index contributed by atoms with van der Waals surface area (Å²) in [5, 5.41) is 3.30. The summed E-state index contributed by atoms with van der Waals surface area (Å²) < 4.78 is 10.9. The predicted molar refractivity (Wildman–Crippen MR) is 57.5 cm³/mol. The van der Waals surface area contributed by atoms with Crippen LogP contribution in [-0.2, 0) is 10.8 Å². The summed E-state index contributed by atoms with van der Waals surface area (Å²) >= 11 is 0. The van der Waals surface area contributed by atoms with E-state index in [2.05, 4.69) is 10.2 Å². The van der Waals surface area contributed by atoms with Crippen molar-refractivity contribution in [2.75, 3.05) is 38.7 Å². The number of rotatable bonds is 4. The van der Waals surface area contributed by atoms with Crippen LogP contribution in [0, 0.1) is 0 Å². The van der Waals surface area contributed by atoms with Crippen LogP contribution in [0.1, 0.15) is 12.8 Å². The predicted octanol–water partition coefficient (Wildman–Crippen LogP) is 0.0487. The highest BCUT2D eigenvalue weighted by atomic mass is 32.2. The van der Waals surface area contributed by atoms with Crippen molar-refractivity contribution in [3.63, 3.8) is 0 Å². The molecule has 4 heteroatoms. The lowest BCUT2D eigenvalue weighted by Crippen LogP contribution is -2.42. The van der Waals surface area contributed by atoms with E-state index in [1.54, 1.807) is 6.26 Å². The molecule has 1 aliphatic rings. The summed E-state index contributed by atoms with van der Waals surface area (Å²) in [5.41, 5.74) is 0. The molecule has 0 radical (unpaired) electrons. The normalized spacial score (nSPS) is 23.2. The fourth-order valence-corrected chi connectivity index (χ4v) is 2.22. The Balaban J connectivity index is 2.14. The molecule has 1 fully saturated rings. The Labute approximate surface area is 83.3 Å². The maximum absolute atomic E-state index is 10.9. The van der Waals surface area contributed by atoms with Gasteiger partial charge in [0.05, 0.1) is 0 Å². The number of piperidine rings is 1. The largest absolute Gasteiger partial charge is 0.317 e. The number of likely N-dealkylation sites (tertiary alicyclic amines) is 1. The van der Waals surface area contributed by atoms with E-state index in [1.807, 2.05) is 7.05 Å². The van der Waals surface area contributed by atoms with Gasteiger partial charge in [0.25, 0.3) is 0 Å². The van der Waals surface area contributed by atoms with E-state index < -0.39 is 10.8 Å². The molecule has 0 saturated carbocycles. The van der Waals surface area contributed by atoms with Crippen LogP contribution < -0.4 is 5.32 Å². The summed E-state index contributed by atoms with van der Waals surface area (Å²) in [7, 11) is 1.39. The van der Waals surface area contributed by atoms with Crippen molar-refractivity contribution < 1.29 is 4.21 Å². The zero-order valence-corrected chi connectivity index (χ0v) is 9.40. The van der Waals surface area contributed by atoms with Crippen LogP contribution in [-0.4, -0.2) is 53.8 Å². The minimum atomic E-state index is -0.635. The Kier molecular flexibility index (Phi) is 4.91. The molecule has 0 bridgehead atoms. The minimum absolute atomic E-state index is 0.635. The fraction of sp³-hybridized carbons (Fsp3) is 1.00. The Bertz CT molecular complexity index is 167. The number of hydrogen-bond donors (Lipinski definition) is 1. The molecule has 1 N–H and O–H groups in total. The Morgan fingerprint density at radius 2 is 2.08 bits per heavy atom. The molecule has 1 unspecified atom stereocenters. The van der Waals surface area contributed by atoms with Gasteiger partial charge in [0.1, 0.15) is 0 Å². The van der Waals surface area contributed by atoms with Crippen molar-refractivity contribution in [1.29, 1.82) is 0 Å². The second-order valence-electron chi connectivity index (χ2n) is 3.68. The Hall–Kier alpha value is 0.0700. The van der Waals surface area contributed by atoms with Crippen LogP contribution in [0.3, 0.4) is 0 Å². The third kappa shape index (κ3) is 4.20. The summed E-state index contributed by atoms with van der Waals surface area (Å²) in [4.78, 5) is 2.41. The molecule has 0 spiro atoms. The lowest BCUT2D eigenvalue weighted by molar-refractivity contribution is 0.212. The standard InChI is InChI=1S/C9H20N2OS/c1-10-9-3-5-11(6-4-9)7-8-13(2)12/h9-10H,3-8H2,1-2H3. The van der Waals surface area contributed by atoms with Gasteiger partial charge < -0.3 is 10.2 Å². The molecule has 0 aromatic carbocycles. The van der Waals surface area contributed by atoms with E-state index in [1.165, 1.54) is 12.8 Å². The van der Waals surface area contributed by atoms with Crippen LogP contribution in [0.5, 0.6) is 0 Å². The van der Waals surface area contributed by atoms with Crippen LogP contribution in [0.4, 0.5) is 0 Å². The minimum Gasteiger partial charge on any atom is -0.317 e. The van der Waals surface area contributed by atoms with Crippen molar-refractivity contribution >= 4 is 10.8 Å². The molecule has 1 saturated heterocycles. The van der Waals surface area contributed by atoms with Gasteiger partial charge >= 0.3 is 0 Å². The smallest absolute Gasteiger partial charge is 0.0359 e. The lowest BCUT2D eigenvalue weighted by Gasteiger charge is -2.31. The van der Waals surface area contributed by atoms with Gasteiger partial charge in [-0.25, -0.2) is 0 Å². The number of nitrogens with zero attached hydrogens (tertiary/aromatic N) is 1. The van der Waals surface area contributed by atoms with Gasteiger partial charge in [-0.15, -0.1) is 0 Å². The van der Waals surface area contributed by atoms with E-state index in [0.717, 1.165) is 25.4 Å². The molecular formula is C9H20N2OS. The molecule has 0 amide bonds. The van der Waals surface area contributed by atoms with Crippen LogP contribution in [0.2, 0.25) is 0 Å². The molecule has 1 heterocycles. The van der Waals surface area contributed by atoms with Gasteiger partial charge in [0.2, 0.25) is 0 Å². The molecule has 1 atom stereocenters. The first-order valence-electron chi connectivity index (χ1n) is 4.92. The number of nitrogens with one attached hydrogen (secondary N) is 1. The van der Waals surface area contributed by atoms with Gasteiger partial charge in [-0.1, -0.05) is 0 Å². The van der Waals surface area contributed by atoms with E-state index in [0.29, 0.717) is 6.04 Å². The molecular weight excluding hydrogens is 184 g/mol. The third-order valence-electron chi connectivity index (χ3n) is 2.69. The van der Waals surface area contributed by atoms with Crippen molar-refractivity contribution in [3.05, 3.63) is 0 Å². The van der Waals surface area contributed by atoms with Gasteiger partial charge in [-0.05, 0) is 33.0 Å². The average molecular weight is 204 g/mol. The van der Waals surface area contributed by atoms with E-state index in [4.69, 9.17) is 0 Å². The second-order valence-corrected chi connectivity index (χ2v) is 5.24. The summed E-state index contributed by atoms with van der Waals surface area (Å²) in [6.45, 7) is 3.31. The first kappa shape index (κ1) is 11.1. The fourth-order valence-electron chi connectivity index (χ4n) is 1.70. The Morgan fingerprint density at radius 1 is 1.46 bits per heavy atom. The van der Waals surface area contributed by atoms with Crippen molar-refractivity contribution in [3.8, 4) is 0 Å². The highest BCUT2D eigenvalue weighted by molar-refractivity contribution is 7.84. The highest BCUT2D eigenvalue weighted by Gasteiger charge is 2.16. The molecule has 1 rings (SSSR count). The van der Waals surface area contributed by atoms with Crippen LogP contribution in [0.15, 0.2) is 0 Å². The van der Waals surface area contributed by atoms with Crippen molar-refractivity contribution in [2.24, 2.45) is 0 Å². The first-order chi connectivity index (χ1) is 6.22. The SMILES string of the molecule is CNC1CCN(CCS(C)=O)CC1. The first-order valence-corrected chi connectivity index (χ1v) is 6.64. The lowest BCUT2D eigenvalue weighted by atomic mass is 10.1. The highest BCUT2D eigenvalue weighted by Crippen LogP contribution is 2.08. The Morgan fingerprint density at radius 3 is 2.54 bits per heavy atom. The second kappa shape index (κ2) is 5.73. The maximum Gasteiger partial charge on any atom is 0.0359 e. The van der Waals surface area contributed by atoms with E-state index in [-0.39, 0.29) is 0 Å². The molecule has 13 heavy (non-hydrogen) atoms. The quantitative estimate of drug-likeness (QED) is 0.702. The summed E-state index contributed by atoms with van der Waals surface area (Å²) in [5.74, 6) is 0.824. The van der Waals surface area contributed by atoms with Crippen molar-refractivity contribution in [1.82, 2.24) is 10.2 Å². The van der Waals surface area contributed by atoms with E-state index in [9.17, 15) is 4.21 Å². The third-order valence-corrected chi connectivity index (χ3v) is 3.45. The van der Waals surface area contributed by atoms with E-state index >= 15 is 0 Å². The zero-order valence-electron chi connectivity index (χ0n) is 8.58. The zero-order chi connectivity index (χ0) is 9.68. The number of hydrogen-bond acceptors (Lipinski definition) is 3. The molecule has 78 valence electrons. The van der Waals surface area contributed by atoms with Gasteiger partial charge in [-0.3, -0.25) is 4.21 Å². The molecule has 0 aromatic rings. The molecule has 3 nitrogen and oxygen atoms in total. The van der Waals surface area contributed by atoms with Crippen molar-refractivity contribution in [2.45, 2.75) is 18.9 Å². The van der Waals surface area contributed by atoms with Gasteiger partial charge in [0, 0.05) is 35.4 Å². The maximum atomic E-state index is 10.9. The van der Waals surface area contributed by atoms with Crippen LogP contribution in [0.25, 0.3) is 0 Å². The molecule has 0 aliphatic carbocycles. The molecule has 0 aromatic heterocycles. The van der Waals surface area contributed by atoms with Crippen LogP contribution >= 0.6 is 0 Å². The molecule has 1 aliphatic heterocycles. The topological polar surface area (TPSA) is 32.3 Å². The summed E-state index contributed by atoms with van der Waals surface area (Å²) in [6.07, 6.45) is 4.24. The van der Waals surface area contributed by atoms with Gasteiger partial charge in [-0.2, -0.15) is 0 Å². The average Bonchev–Trinajstić information content (AvgIpc) is 2.15.